The molecular formula is C10H11BrN2. The number of benzene rings is 1. The van der Waals surface area contributed by atoms with Gasteiger partial charge in [-0.25, -0.2) is 0 Å². The summed E-state index contributed by atoms with van der Waals surface area (Å²) in [5, 5.41) is 6.48. The summed E-state index contributed by atoms with van der Waals surface area (Å²) >= 11 is 3.52. The number of hydrogen-bond donors (Lipinski definition) is 0. The smallest absolute Gasteiger partial charge is 0.0736 e. The molecule has 1 aliphatic rings. The molecule has 1 aromatic rings. The van der Waals surface area contributed by atoms with Gasteiger partial charge in [-0.15, -0.1) is 0 Å². The highest BCUT2D eigenvalue weighted by Crippen LogP contribution is 2.27. The molecule has 0 radical (unpaired) electrons. The number of halogens is 1. The number of hydrogen-bond acceptors (Lipinski definition) is 2. The fourth-order valence-corrected chi connectivity index (χ4v) is 1.90. The molecule has 0 aromatic heterocycles. The fourth-order valence-electron chi connectivity index (χ4n) is 1.41. The summed E-state index contributed by atoms with van der Waals surface area (Å²) in [4.78, 5) is 0. The van der Waals surface area contributed by atoms with E-state index in [1.54, 1.807) is 0 Å². The lowest BCUT2D eigenvalue weighted by Gasteiger charge is -2.14. The van der Waals surface area contributed by atoms with Crippen LogP contribution in [-0.2, 0) is 0 Å². The van der Waals surface area contributed by atoms with Crippen LogP contribution in [-0.4, -0.2) is 12.3 Å². The summed E-state index contributed by atoms with van der Waals surface area (Å²) in [7, 11) is 0. The lowest BCUT2D eigenvalue weighted by molar-refractivity contribution is 0.919. The first-order valence-corrected chi connectivity index (χ1v) is 5.13. The van der Waals surface area contributed by atoms with Crippen molar-refractivity contribution in [3.05, 3.63) is 28.7 Å². The van der Waals surface area contributed by atoms with Crippen molar-refractivity contribution in [2.24, 2.45) is 5.10 Å². The normalized spacial score (nSPS) is 16.2. The summed E-state index contributed by atoms with van der Waals surface area (Å²) in [5.74, 6) is 0. The van der Waals surface area contributed by atoms with Crippen LogP contribution in [0.1, 0.15) is 13.3 Å². The van der Waals surface area contributed by atoms with Crippen LogP contribution in [0.3, 0.4) is 0 Å². The van der Waals surface area contributed by atoms with Crippen LogP contribution in [0.15, 0.2) is 33.8 Å². The van der Waals surface area contributed by atoms with Crippen LogP contribution < -0.4 is 5.01 Å². The molecule has 1 aliphatic heterocycles. The Labute approximate surface area is 86.4 Å². The predicted molar refractivity (Wildman–Crippen MR) is 59.2 cm³/mol. The minimum atomic E-state index is 0.994. The van der Waals surface area contributed by atoms with E-state index in [1.165, 1.54) is 5.71 Å². The van der Waals surface area contributed by atoms with E-state index in [-0.39, 0.29) is 0 Å². The van der Waals surface area contributed by atoms with Gasteiger partial charge in [0.05, 0.1) is 5.69 Å². The average Bonchev–Trinajstić information content (AvgIpc) is 2.53. The van der Waals surface area contributed by atoms with Gasteiger partial charge in [-0.3, -0.25) is 5.01 Å². The summed E-state index contributed by atoms with van der Waals surface area (Å²) < 4.78 is 1.11. The second kappa shape index (κ2) is 3.50. The predicted octanol–water partition coefficient (Wildman–Crippen LogP) is 3.04. The van der Waals surface area contributed by atoms with Crippen LogP contribution in [0.5, 0.6) is 0 Å². The monoisotopic (exact) mass is 238 g/mol. The summed E-state index contributed by atoms with van der Waals surface area (Å²) in [5.41, 5.74) is 2.36. The van der Waals surface area contributed by atoms with Crippen molar-refractivity contribution in [1.29, 1.82) is 0 Å². The van der Waals surface area contributed by atoms with Crippen LogP contribution in [0, 0.1) is 0 Å². The molecule has 68 valence electrons. The van der Waals surface area contributed by atoms with Crippen LogP contribution in [0.4, 0.5) is 5.69 Å². The largest absolute Gasteiger partial charge is 0.264 e. The molecule has 0 fully saturated rings. The lowest BCUT2D eigenvalue weighted by Crippen LogP contribution is -2.11. The highest BCUT2D eigenvalue weighted by molar-refractivity contribution is 9.10. The third-order valence-electron chi connectivity index (χ3n) is 2.11. The first-order valence-electron chi connectivity index (χ1n) is 4.33. The topological polar surface area (TPSA) is 15.6 Å². The molecule has 13 heavy (non-hydrogen) atoms. The van der Waals surface area contributed by atoms with Gasteiger partial charge < -0.3 is 0 Å². The summed E-state index contributed by atoms with van der Waals surface area (Å²) in [6.45, 7) is 3.06. The van der Waals surface area contributed by atoms with E-state index in [9.17, 15) is 0 Å². The Morgan fingerprint density at radius 1 is 1.38 bits per heavy atom. The van der Waals surface area contributed by atoms with Gasteiger partial charge in [0.25, 0.3) is 0 Å². The van der Waals surface area contributed by atoms with Crippen molar-refractivity contribution >= 4 is 27.3 Å². The SMILES string of the molecule is CC1=NN(c2ccccc2Br)CC1. The molecule has 0 unspecified atom stereocenters. The van der Waals surface area contributed by atoms with Crippen molar-refractivity contribution in [3.63, 3.8) is 0 Å². The average molecular weight is 239 g/mol. The van der Waals surface area contributed by atoms with Crippen LogP contribution in [0.2, 0.25) is 0 Å². The molecule has 0 bridgehead atoms. The lowest BCUT2D eigenvalue weighted by atomic mass is 10.3. The first-order chi connectivity index (χ1) is 6.27. The minimum absolute atomic E-state index is 0.994. The molecule has 3 heteroatoms. The maximum atomic E-state index is 4.44. The molecule has 0 atom stereocenters. The van der Waals surface area contributed by atoms with Crippen molar-refractivity contribution in [2.75, 3.05) is 11.6 Å². The van der Waals surface area contributed by atoms with E-state index < -0.39 is 0 Å². The van der Waals surface area contributed by atoms with E-state index in [1.807, 2.05) is 23.2 Å². The second-order valence-electron chi connectivity index (χ2n) is 3.16. The maximum Gasteiger partial charge on any atom is 0.0736 e. The van der Waals surface area contributed by atoms with Gasteiger partial charge >= 0.3 is 0 Å². The maximum absolute atomic E-state index is 4.44. The van der Waals surface area contributed by atoms with Gasteiger partial charge in [0, 0.05) is 23.1 Å². The third-order valence-corrected chi connectivity index (χ3v) is 2.78. The minimum Gasteiger partial charge on any atom is -0.264 e. The molecular weight excluding hydrogens is 228 g/mol. The molecule has 0 aliphatic carbocycles. The second-order valence-corrected chi connectivity index (χ2v) is 4.01. The number of hydrazone groups is 1. The molecule has 1 aromatic carbocycles. The zero-order chi connectivity index (χ0) is 9.26. The Hall–Kier alpha value is -0.830. The molecule has 2 rings (SSSR count). The van der Waals surface area contributed by atoms with Gasteiger partial charge in [0.15, 0.2) is 0 Å². The zero-order valence-corrected chi connectivity index (χ0v) is 9.08. The van der Waals surface area contributed by atoms with E-state index in [4.69, 9.17) is 0 Å². The van der Waals surface area contributed by atoms with E-state index in [2.05, 4.69) is 34.0 Å². The molecule has 0 saturated heterocycles. The van der Waals surface area contributed by atoms with E-state index in [0.717, 1.165) is 23.1 Å². The van der Waals surface area contributed by atoms with Gasteiger partial charge in [-0.1, -0.05) is 12.1 Å². The zero-order valence-electron chi connectivity index (χ0n) is 7.50. The number of rotatable bonds is 1. The molecule has 0 amide bonds. The first kappa shape index (κ1) is 8.75. The quantitative estimate of drug-likeness (QED) is 0.735. The van der Waals surface area contributed by atoms with Gasteiger partial charge in [-0.05, 0) is 35.0 Å². The summed E-state index contributed by atoms with van der Waals surface area (Å²) in [6.07, 6.45) is 1.07. The van der Waals surface area contributed by atoms with Crippen LogP contribution >= 0.6 is 15.9 Å². The third kappa shape index (κ3) is 1.75. The number of nitrogens with zero attached hydrogens (tertiary/aromatic N) is 2. The van der Waals surface area contributed by atoms with Gasteiger partial charge in [-0.2, -0.15) is 5.10 Å². The Balaban J connectivity index is 2.31. The van der Waals surface area contributed by atoms with Crippen LogP contribution in [0.25, 0.3) is 0 Å². The highest BCUT2D eigenvalue weighted by atomic mass is 79.9. The number of anilines is 1. The Bertz CT molecular complexity index is 347. The summed E-state index contributed by atoms with van der Waals surface area (Å²) in [6, 6.07) is 8.16. The standard InChI is InChI=1S/C10H11BrN2/c1-8-6-7-13(12-8)10-5-3-2-4-9(10)11/h2-5H,6-7H2,1H3. The van der Waals surface area contributed by atoms with Crippen molar-refractivity contribution in [1.82, 2.24) is 0 Å². The van der Waals surface area contributed by atoms with E-state index in [0.29, 0.717) is 0 Å². The molecule has 0 N–H and O–H groups in total. The van der Waals surface area contributed by atoms with Crippen molar-refractivity contribution in [3.8, 4) is 0 Å². The highest BCUT2D eigenvalue weighted by Gasteiger charge is 2.14. The molecule has 1 heterocycles. The van der Waals surface area contributed by atoms with Crippen molar-refractivity contribution in [2.45, 2.75) is 13.3 Å². The molecule has 0 saturated carbocycles. The molecule has 0 spiro atoms. The van der Waals surface area contributed by atoms with Gasteiger partial charge in [0.2, 0.25) is 0 Å². The Morgan fingerprint density at radius 3 is 2.77 bits per heavy atom. The fraction of sp³-hybridized carbons (Fsp3) is 0.300. The van der Waals surface area contributed by atoms with Gasteiger partial charge in [0.1, 0.15) is 0 Å². The number of para-hydroxylation sites is 1. The Morgan fingerprint density at radius 2 is 2.15 bits per heavy atom. The van der Waals surface area contributed by atoms with E-state index >= 15 is 0 Å². The van der Waals surface area contributed by atoms with Crippen molar-refractivity contribution < 1.29 is 0 Å². The molecule has 2 nitrogen and oxygen atoms in total. The Kier molecular flexibility index (Phi) is 2.36.